The smallest absolute Gasteiger partial charge is 0.252 e. The lowest BCUT2D eigenvalue weighted by molar-refractivity contribution is 0.132. The summed E-state index contributed by atoms with van der Waals surface area (Å²) in [5, 5.41) is 9.54. The Bertz CT molecular complexity index is 522. The van der Waals surface area contributed by atoms with E-state index >= 15 is 0 Å². The van der Waals surface area contributed by atoms with E-state index in [1.807, 2.05) is 13.0 Å². The molecule has 1 aliphatic heterocycles. The van der Waals surface area contributed by atoms with Crippen molar-refractivity contribution in [2.45, 2.75) is 55.9 Å². The summed E-state index contributed by atoms with van der Waals surface area (Å²) in [5.74, 6) is 0. The highest BCUT2D eigenvalue weighted by Gasteiger charge is 2.34. The lowest BCUT2D eigenvalue weighted by Crippen LogP contribution is -2.44. The molecule has 2 rings (SSSR count). The third-order valence-electron chi connectivity index (χ3n) is 3.46. The van der Waals surface area contributed by atoms with Crippen molar-refractivity contribution in [1.82, 2.24) is 4.31 Å². The molecule has 0 aromatic carbocycles. The molecule has 1 saturated heterocycles. The fourth-order valence-electron chi connectivity index (χ4n) is 2.59. The molecular formula is C13H21NO3S2. The molecule has 1 fully saturated rings. The van der Waals surface area contributed by atoms with Crippen LogP contribution in [0, 0.1) is 6.92 Å². The van der Waals surface area contributed by atoms with Gasteiger partial charge in [-0.15, -0.1) is 11.3 Å². The molecule has 108 valence electrons. The average molecular weight is 303 g/mol. The molecule has 0 spiro atoms. The van der Waals surface area contributed by atoms with Crippen molar-refractivity contribution in [2.75, 3.05) is 6.54 Å². The first-order valence-electron chi connectivity index (χ1n) is 6.67. The minimum atomic E-state index is -3.40. The Labute approximate surface area is 119 Å². The number of aryl methyl sites for hydroxylation is 1. The van der Waals surface area contributed by atoms with Gasteiger partial charge in [-0.1, -0.05) is 6.42 Å². The summed E-state index contributed by atoms with van der Waals surface area (Å²) in [4.78, 5) is 1.00. The van der Waals surface area contributed by atoms with E-state index in [0.29, 0.717) is 17.2 Å². The molecule has 2 unspecified atom stereocenters. The predicted octanol–water partition coefficient (Wildman–Crippen LogP) is 2.37. The monoisotopic (exact) mass is 303 g/mol. The largest absolute Gasteiger partial charge is 0.393 e. The molecule has 1 aromatic heterocycles. The quantitative estimate of drug-likeness (QED) is 0.929. The van der Waals surface area contributed by atoms with Crippen LogP contribution < -0.4 is 0 Å². The number of sulfonamides is 1. The second-order valence-electron chi connectivity index (χ2n) is 5.22. The van der Waals surface area contributed by atoms with E-state index in [1.54, 1.807) is 17.3 Å². The fourth-order valence-corrected chi connectivity index (χ4v) is 5.70. The summed E-state index contributed by atoms with van der Waals surface area (Å²) in [7, 11) is -3.40. The minimum absolute atomic E-state index is 0.0684. The van der Waals surface area contributed by atoms with Crippen molar-refractivity contribution in [2.24, 2.45) is 0 Å². The predicted molar refractivity (Wildman–Crippen MR) is 76.9 cm³/mol. The molecule has 0 aliphatic carbocycles. The van der Waals surface area contributed by atoms with E-state index in [2.05, 4.69) is 0 Å². The van der Waals surface area contributed by atoms with Gasteiger partial charge in [0.1, 0.15) is 4.21 Å². The van der Waals surface area contributed by atoms with Crippen molar-refractivity contribution in [3.05, 3.63) is 17.0 Å². The van der Waals surface area contributed by atoms with E-state index in [4.69, 9.17) is 0 Å². The number of hydrogen-bond donors (Lipinski definition) is 1. The van der Waals surface area contributed by atoms with Crippen LogP contribution in [0.15, 0.2) is 16.3 Å². The fraction of sp³-hybridized carbons (Fsp3) is 0.692. The molecule has 4 nitrogen and oxygen atoms in total. The van der Waals surface area contributed by atoms with Crippen LogP contribution in [-0.4, -0.2) is 36.5 Å². The Kier molecular flexibility index (Phi) is 4.66. The summed E-state index contributed by atoms with van der Waals surface area (Å²) in [6.07, 6.45) is 2.83. The minimum Gasteiger partial charge on any atom is -0.393 e. The number of aliphatic hydroxyl groups is 1. The number of thiophene rings is 1. The van der Waals surface area contributed by atoms with E-state index in [0.717, 1.165) is 24.1 Å². The lowest BCUT2D eigenvalue weighted by atomic mass is 10.00. The SMILES string of the molecule is Cc1ccc(S(=O)(=O)N2CCCCC2CC(C)O)s1. The molecule has 1 aromatic rings. The maximum Gasteiger partial charge on any atom is 0.252 e. The normalized spacial score (nSPS) is 23.4. The van der Waals surface area contributed by atoms with Crippen molar-refractivity contribution in [1.29, 1.82) is 0 Å². The second kappa shape index (κ2) is 5.91. The maximum absolute atomic E-state index is 12.6. The Morgan fingerprint density at radius 1 is 1.47 bits per heavy atom. The molecule has 0 saturated carbocycles. The van der Waals surface area contributed by atoms with Crippen LogP contribution in [0.4, 0.5) is 0 Å². The highest BCUT2D eigenvalue weighted by molar-refractivity contribution is 7.91. The molecule has 6 heteroatoms. The van der Waals surface area contributed by atoms with Crippen LogP contribution in [-0.2, 0) is 10.0 Å². The zero-order valence-corrected chi connectivity index (χ0v) is 13.0. The van der Waals surface area contributed by atoms with E-state index in [1.165, 1.54) is 11.3 Å². The van der Waals surface area contributed by atoms with Gasteiger partial charge in [0.25, 0.3) is 10.0 Å². The maximum atomic E-state index is 12.6. The van der Waals surface area contributed by atoms with Gasteiger partial charge < -0.3 is 5.11 Å². The standard InChI is InChI=1S/C13H21NO3S2/c1-10(15)9-12-5-3-4-8-14(12)19(16,17)13-7-6-11(2)18-13/h6-7,10,12,15H,3-5,8-9H2,1-2H3. The van der Waals surface area contributed by atoms with Crippen molar-refractivity contribution in [3.63, 3.8) is 0 Å². The van der Waals surface area contributed by atoms with Crippen molar-refractivity contribution >= 4 is 21.4 Å². The van der Waals surface area contributed by atoms with Gasteiger partial charge >= 0.3 is 0 Å². The van der Waals surface area contributed by atoms with Gasteiger partial charge in [0.2, 0.25) is 0 Å². The van der Waals surface area contributed by atoms with Gasteiger partial charge in [-0.3, -0.25) is 0 Å². The van der Waals surface area contributed by atoms with E-state index < -0.39 is 16.1 Å². The molecular weight excluding hydrogens is 282 g/mol. The third-order valence-corrected chi connectivity index (χ3v) is 6.88. The van der Waals surface area contributed by atoms with Crippen LogP contribution in [0.5, 0.6) is 0 Å². The van der Waals surface area contributed by atoms with E-state index in [-0.39, 0.29) is 6.04 Å². The van der Waals surface area contributed by atoms with Gasteiger partial charge in [-0.2, -0.15) is 4.31 Å². The summed E-state index contributed by atoms with van der Waals surface area (Å²) in [6, 6.07) is 3.45. The molecule has 2 heterocycles. The number of piperidine rings is 1. The highest BCUT2D eigenvalue weighted by Crippen LogP contribution is 2.30. The number of aliphatic hydroxyl groups excluding tert-OH is 1. The van der Waals surface area contributed by atoms with Gasteiger partial charge in [0.05, 0.1) is 6.10 Å². The van der Waals surface area contributed by atoms with Gasteiger partial charge in [0.15, 0.2) is 0 Å². The number of nitrogens with zero attached hydrogens (tertiary/aromatic N) is 1. The van der Waals surface area contributed by atoms with Gasteiger partial charge in [-0.25, -0.2) is 8.42 Å². The first-order valence-corrected chi connectivity index (χ1v) is 8.93. The van der Waals surface area contributed by atoms with Crippen LogP contribution in [0.3, 0.4) is 0 Å². The number of rotatable bonds is 4. The third kappa shape index (κ3) is 3.37. The van der Waals surface area contributed by atoms with Crippen LogP contribution >= 0.6 is 11.3 Å². The topological polar surface area (TPSA) is 57.6 Å². The second-order valence-corrected chi connectivity index (χ2v) is 8.62. The Balaban J connectivity index is 2.26. The zero-order valence-electron chi connectivity index (χ0n) is 11.4. The zero-order chi connectivity index (χ0) is 14.0. The molecule has 1 N–H and O–H groups in total. The first kappa shape index (κ1) is 15.0. The Morgan fingerprint density at radius 2 is 2.21 bits per heavy atom. The molecule has 0 bridgehead atoms. The van der Waals surface area contributed by atoms with Crippen LogP contribution in [0.2, 0.25) is 0 Å². The molecule has 0 amide bonds. The average Bonchev–Trinajstić information content (AvgIpc) is 2.76. The summed E-state index contributed by atoms with van der Waals surface area (Å²) >= 11 is 1.32. The van der Waals surface area contributed by atoms with Crippen LogP contribution in [0.1, 0.15) is 37.5 Å². The van der Waals surface area contributed by atoms with Gasteiger partial charge in [0, 0.05) is 17.5 Å². The Morgan fingerprint density at radius 3 is 2.79 bits per heavy atom. The summed E-state index contributed by atoms with van der Waals surface area (Å²) in [6.45, 7) is 4.19. The molecule has 19 heavy (non-hydrogen) atoms. The summed E-state index contributed by atoms with van der Waals surface area (Å²) in [5.41, 5.74) is 0. The van der Waals surface area contributed by atoms with E-state index in [9.17, 15) is 13.5 Å². The van der Waals surface area contributed by atoms with Crippen LogP contribution in [0.25, 0.3) is 0 Å². The number of hydrogen-bond acceptors (Lipinski definition) is 4. The Hall–Kier alpha value is -0.430. The summed E-state index contributed by atoms with van der Waals surface area (Å²) < 4.78 is 27.3. The molecule has 0 radical (unpaired) electrons. The molecule has 2 atom stereocenters. The van der Waals surface area contributed by atoms with Crippen molar-refractivity contribution in [3.8, 4) is 0 Å². The van der Waals surface area contributed by atoms with Crippen molar-refractivity contribution < 1.29 is 13.5 Å². The first-order chi connectivity index (χ1) is 8.91. The van der Waals surface area contributed by atoms with Gasteiger partial charge in [-0.05, 0) is 45.2 Å². The highest BCUT2D eigenvalue weighted by atomic mass is 32.2. The molecule has 1 aliphatic rings. The lowest BCUT2D eigenvalue weighted by Gasteiger charge is -2.35.